The van der Waals surface area contributed by atoms with Crippen LogP contribution in [-0.4, -0.2) is 0 Å². The van der Waals surface area contributed by atoms with Crippen LogP contribution in [0.1, 0.15) is 11.1 Å². The molecule has 0 N–H and O–H groups in total. The lowest BCUT2D eigenvalue weighted by atomic mass is 10.1. The molecule has 0 unspecified atom stereocenters. The predicted octanol–water partition coefficient (Wildman–Crippen LogP) is 3.90. The van der Waals surface area contributed by atoms with Gasteiger partial charge in [0.25, 0.3) is 0 Å². The van der Waals surface area contributed by atoms with E-state index in [0.717, 1.165) is 11.5 Å². The largest absolute Gasteiger partial charge is 0.457 e. The summed E-state index contributed by atoms with van der Waals surface area (Å²) in [6.45, 7) is 4.14. The SMILES string of the molecule is Cc1cc(C)cc(Oc2cc[c]cc2)c1. The van der Waals surface area contributed by atoms with Crippen molar-refractivity contribution in [2.75, 3.05) is 0 Å². The molecule has 1 heteroatoms. The first-order chi connectivity index (χ1) is 7.24. The van der Waals surface area contributed by atoms with Crippen molar-refractivity contribution < 1.29 is 4.74 Å². The van der Waals surface area contributed by atoms with Gasteiger partial charge in [-0.25, -0.2) is 0 Å². The summed E-state index contributed by atoms with van der Waals surface area (Å²) in [6, 6.07) is 16.6. The Hall–Kier alpha value is -1.76. The molecule has 0 fully saturated rings. The van der Waals surface area contributed by atoms with Gasteiger partial charge in [0.2, 0.25) is 0 Å². The summed E-state index contributed by atoms with van der Waals surface area (Å²) in [6.07, 6.45) is 0. The van der Waals surface area contributed by atoms with Gasteiger partial charge in [-0.05, 0) is 55.3 Å². The number of hydrogen-bond acceptors (Lipinski definition) is 1. The first kappa shape index (κ1) is 9.78. The summed E-state index contributed by atoms with van der Waals surface area (Å²) in [5, 5.41) is 0. The van der Waals surface area contributed by atoms with Crippen molar-refractivity contribution in [3.63, 3.8) is 0 Å². The summed E-state index contributed by atoms with van der Waals surface area (Å²) >= 11 is 0. The van der Waals surface area contributed by atoms with Gasteiger partial charge < -0.3 is 4.74 Å². The van der Waals surface area contributed by atoms with Gasteiger partial charge in [-0.15, -0.1) is 0 Å². The molecule has 2 aromatic carbocycles. The second-order valence-electron chi connectivity index (χ2n) is 3.66. The topological polar surface area (TPSA) is 9.23 Å². The molecule has 2 rings (SSSR count). The second-order valence-corrected chi connectivity index (χ2v) is 3.66. The van der Waals surface area contributed by atoms with Crippen molar-refractivity contribution in [2.24, 2.45) is 0 Å². The Kier molecular flexibility index (Phi) is 2.72. The van der Waals surface area contributed by atoms with Crippen molar-refractivity contribution in [1.82, 2.24) is 0 Å². The summed E-state index contributed by atoms with van der Waals surface area (Å²) in [4.78, 5) is 0. The van der Waals surface area contributed by atoms with Gasteiger partial charge in [0.05, 0.1) is 0 Å². The fraction of sp³-hybridized carbons (Fsp3) is 0.143. The van der Waals surface area contributed by atoms with E-state index in [4.69, 9.17) is 4.74 Å². The van der Waals surface area contributed by atoms with Crippen molar-refractivity contribution in [2.45, 2.75) is 13.8 Å². The average molecular weight is 197 g/mol. The van der Waals surface area contributed by atoms with Crippen LogP contribution in [0.15, 0.2) is 42.5 Å². The average Bonchev–Trinajstić information content (AvgIpc) is 2.17. The van der Waals surface area contributed by atoms with Crippen molar-refractivity contribution in [1.29, 1.82) is 0 Å². The molecule has 15 heavy (non-hydrogen) atoms. The molecular formula is C14H13O. The van der Waals surface area contributed by atoms with Crippen molar-refractivity contribution >= 4 is 0 Å². The maximum absolute atomic E-state index is 5.72. The molecule has 0 saturated heterocycles. The van der Waals surface area contributed by atoms with Gasteiger partial charge in [-0.2, -0.15) is 0 Å². The first-order valence-electron chi connectivity index (χ1n) is 4.96. The van der Waals surface area contributed by atoms with E-state index in [9.17, 15) is 0 Å². The van der Waals surface area contributed by atoms with Crippen LogP contribution in [0.5, 0.6) is 11.5 Å². The third-order valence-electron chi connectivity index (χ3n) is 2.12. The van der Waals surface area contributed by atoms with Gasteiger partial charge in [-0.1, -0.05) is 18.2 Å². The highest BCUT2D eigenvalue weighted by Crippen LogP contribution is 2.22. The van der Waals surface area contributed by atoms with E-state index in [1.807, 2.05) is 36.4 Å². The molecule has 0 saturated carbocycles. The van der Waals surface area contributed by atoms with Crippen LogP contribution in [0, 0.1) is 19.9 Å². The standard InChI is InChI=1S/C14H13O/c1-11-8-12(2)10-14(9-11)15-13-6-4-3-5-7-13/h4-10H,1-2H3. The first-order valence-corrected chi connectivity index (χ1v) is 4.96. The van der Waals surface area contributed by atoms with Crippen LogP contribution >= 0.6 is 0 Å². The van der Waals surface area contributed by atoms with Crippen molar-refractivity contribution in [3.05, 3.63) is 59.7 Å². The molecule has 0 heterocycles. The number of benzene rings is 2. The van der Waals surface area contributed by atoms with Gasteiger partial charge in [0, 0.05) is 0 Å². The van der Waals surface area contributed by atoms with Gasteiger partial charge in [0.1, 0.15) is 11.5 Å². The molecule has 0 atom stereocenters. The minimum atomic E-state index is 0.846. The van der Waals surface area contributed by atoms with E-state index in [1.54, 1.807) is 0 Å². The molecule has 75 valence electrons. The molecule has 0 aliphatic heterocycles. The minimum absolute atomic E-state index is 0.846. The summed E-state index contributed by atoms with van der Waals surface area (Å²) in [5.41, 5.74) is 2.43. The molecule has 0 aliphatic rings. The summed E-state index contributed by atoms with van der Waals surface area (Å²) < 4.78 is 5.72. The molecule has 2 aromatic rings. The summed E-state index contributed by atoms with van der Waals surface area (Å²) in [5.74, 6) is 1.73. The lowest BCUT2D eigenvalue weighted by Crippen LogP contribution is -1.85. The Morgan fingerprint density at radius 2 is 1.47 bits per heavy atom. The highest BCUT2D eigenvalue weighted by Gasteiger charge is 1.98. The van der Waals surface area contributed by atoms with Crippen LogP contribution in [0.4, 0.5) is 0 Å². The van der Waals surface area contributed by atoms with Crippen LogP contribution in [0.2, 0.25) is 0 Å². The van der Waals surface area contributed by atoms with Crippen LogP contribution < -0.4 is 4.74 Å². The second kappa shape index (κ2) is 4.18. The summed E-state index contributed by atoms with van der Waals surface area (Å²) in [7, 11) is 0. The van der Waals surface area contributed by atoms with Crippen LogP contribution in [0.25, 0.3) is 0 Å². The van der Waals surface area contributed by atoms with Crippen LogP contribution in [0.3, 0.4) is 0 Å². The lowest BCUT2D eigenvalue weighted by molar-refractivity contribution is 0.482. The quantitative estimate of drug-likeness (QED) is 0.709. The zero-order chi connectivity index (χ0) is 10.7. The maximum atomic E-state index is 5.72. The van der Waals surface area contributed by atoms with E-state index >= 15 is 0 Å². The zero-order valence-corrected chi connectivity index (χ0v) is 8.95. The molecule has 0 spiro atoms. The Morgan fingerprint density at radius 1 is 0.867 bits per heavy atom. The number of ether oxygens (including phenoxy) is 1. The monoisotopic (exact) mass is 197 g/mol. The Balaban J connectivity index is 2.25. The highest BCUT2D eigenvalue weighted by molar-refractivity contribution is 5.36. The zero-order valence-electron chi connectivity index (χ0n) is 8.95. The molecule has 0 aliphatic carbocycles. The van der Waals surface area contributed by atoms with Gasteiger partial charge in [0.15, 0.2) is 0 Å². The van der Waals surface area contributed by atoms with Gasteiger partial charge in [-0.3, -0.25) is 0 Å². The van der Waals surface area contributed by atoms with Crippen molar-refractivity contribution in [3.8, 4) is 11.5 Å². The van der Waals surface area contributed by atoms with E-state index in [0.29, 0.717) is 0 Å². The normalized spacial score (nSPS) is 10.0. The third kappa shape index (κ3) is 2.59. The van der Waals surface area contributed by atoms with E-state index < -0.39 is 0 Å². The smallest absolute Gasteiger partial charge is 0.127 e. The third-order valence-corrected chi connectivity index (χ3v) is 2.12. The molecular weight excluding hydrogens is 184 g/mol. The molecule has 0 bridgehead atoms. The fourth-order valence-electron chi connectivity index (χ4n) is 1.57. The minimum Gasteiger partial charge on any atom is -0.457 e. The highest BCUT2D eigenvalue weighted by atomic mass is 16.5. The van der Waals surface area contributed by atoms with Gasteiger partial charge >= 0.3 is 0 Å². The number of hydrogen-bond donors (Lipinski definition) is 0. The number of rotatable bonds is 2. The van der Waals surface area contributed by atoms with E-state index in [1.165, 1.54) is 11.1 Å². The van der Waals surface area contributed by atoms with E-state index in [-0.39, 0.29) is 0 Å². The Morgan fingerprint density at radius 3 is 2.07 bits per heavy atom. The predicted molar refractivity (Wildman–Crippen MR) is 61.3 cm³/mol. The molecule has 0 aromatic heterocycles. The Bertz CT molecular complexity index is 426. The molecule has 1 radical (unpaired) electrons. The fourth-order valence-corrected chi connectivity index (χ4v) is 1.57. The molecule has 1 nitrogen and oxygen atoms in total. The van der Waals surface area contributed by atoms with E-state index in [2.05, 4.69) is 26.0 Å². The Labute approximate surface area is 90.3 Å². The maximum Gasteiger partial charge on any atom is 0.127 e. The molecule has 0 amide bonds. The number of aryl methyl sites for hydroxylation is 2. The van der Waals surface area contributed by atoms with Crippen LogP contribution in [-0.2, 0) is 0 Å². The lowest BCUT2D eigenvalue weighted by Gasteiger charge is -2.07.